The van der Waals surface area contributed by atoms with Gasteiger partial charge in [0.1, 0.15) is 11.3 Å². The van der Waals surface area contributed by atoms with Gasteiger partial charge in [-0.1, -0.05) is 0 Å². The molecule has 0 spiro atoms. The summed E-state index contributed by atoms with van der Waals surface area (Å²) in [5.41, 5.74) is 0.0194. The molecule has 1 aromatic heterocycles. The second kappa shape index (κ2) is 5.88. The molecule has 6 nitrogen and oxygen atoms in total. The van der Waals surface area contributed by atoms with Crippen LogP contribution in [0.4, 0.5) is 0 Å². The Hall–Kier alpha value is -1.82. The summed E-state index contributed by atoms with van der Waals surface area (Å²) in [7, 11) is 0. The minimum absolute atomic E-state index is 0.0194. The van der Waals surface area contributed by atoms with Crippen molar-refractivity contribution in [1.82, 2.24) is 4.90 Å². The summed E-state index contributed by atoms with van der Waals surface area (Å²) in [5.74, 6) is -1.13. The number of hydrogen-bond donors (Lipinski definition) is 2. The predicted molar refractivity (Wildman–Crippen MR) is 65.8 cm³/mol. The lowest BCUT2D eigenvalue weighted by Gasteiger charge is -2.34. The number of amides is 1. The number of furan rings is 1. The van der Waals surface area contributed by atoms with Crippen molar-refractivity contribution in [2.24, 2.45) is 0 Å². The third kappa shape index (κ3) is 2.96. The Kier molecular flexibility index (Phi) is 4.21. The number of carbonyl (C=O) groups excluding carboxylic acids is 1. The largest absolute Gasteiger partial charge is 0.478 e. The maximum absolute atomic E-state index is 12.2. The molecular weight excluding hydrogens is 250 g/mol. The summed E-state index contributed by atoms with van der Waals surface area (Å²) >= 11 is 0. The van der Waals surface area contributed by atoms with Crippen molar-refractivity contribution >= 4 is 11.9 Å². The fourth-order valence-corrected chi connectivity index (χ4v) is 2.43. The van der Waals surface area contributed by atoms with Crippen LogP contribution in [0.15, 0.2) is 16.7 Å². The van der Waals surface area contributed by atoms with Crippen LogP contribution in [-0.4, -0.2) is 46.2 Å². The lowest BCUT2D eigenvalue weighted by molar-refractivity contribution is -0.135. The molecule has 6 heteroatoms. The van der Waals surface area contributed by atoms with Crippen LogP contribution in [0.3, 0.4) is 0 Å². The minimum Gasteiger partial charge on any atom is -0.478 e. The van der Waals surface area contributed by atoms with Gasteiger partial charge in [0.15, 0.2) is 0 Å². The Morgan fingerprint density at radius 1 is 1.42 bits per heavy atom. The van der Waals surface area contributed by atoms with Crippen LogP contribution in [0.5, 0.6) is 0 Å². The molecule has 0 aliphatic carbocycles. The smallest absolute Gasteiger partial charge is 0.339 e. The summed E-state index contributed by atoms with van der Waals surface area (Å²) in [6.45, 7) is 0.544. The third-order valence-electron chi connectivity index (χ3n) is 3.45. The molecule has 1 aliphatic heterocycles. The number of likely N-dealkylation sites (tertiary alicyclic amines) is 1. The summed E-state index contributed by atoms with van der Waals surface area (Å²) in [5, 5.41) is 18.2. The highest BCUT2D eigenvalue weighted by Crippen LogP contribution is 2.19. The van der Waals surface area contributed by atoms with Crippen LogP contribution in [0, 0.1) is 0 Å². The molecule has 1 unspecified atom stereocenters. The first-order valence-electron chi connectivity index (χ1n) is 6.33. The fourth-order valence-electron chi connectivity index (χ4n) is 2.43. The van der Waals surface area contributed by atoms with Crippen LogP contribution < -0.4 is 0 Å². The van der Waals surface area contributed by atoms with Gasteiger partial charge < -0.3 is 19.5 Å². The Balaban J connectivity index is 2.07. The molecule has 2 heterocycles. The molecule has 19 heavy (non-hydrogen) atoms. The van der Waals surface area contributed by atoms with E-state index in [2.05, 4.69) is 0 Å². The van der Waals surface area contributed by atoms with Crippen molar-refractivity contribution in [1.29, 1.82) is 0 Å². The Labute approximate surface area is 110 Å². The molecule has 104 valence electrons. The van der Waals surface area contributed by atoms with E-state index in [1.165, 1.54) is 12.3 Å². The SMILES string of the molecule is O=C(O)c1ccoc1CC(=O)N1CCCCC1CO. The average Bonchev–Trinajstić information content (AvgIpc) is 2.87. The van der Waals surface area contributed by atoms with Crippen molar-refractivity contribution in [2.75, 3.05) is 13.2 Å². The van der Waals surface area contributed by atoms with E-state index in [1.54, 1.807) is 4.90 Å². The number of aliphatic hydroxyl groups is 1. The number of nitrogens with zero attached hydrogens (tertiary/aromatic N) is 1. The van der Waals surface area contributed by atoms with Crippen LogP contribution in [0.25, 0.3) is 0 Å². The zero-order chi connectivity index (χ0) is 13.8. The van der Waals surface area contributed by atoms with Crippen molar-refractivity contribution in [3.63, 3.8) is 0 Å². The van der Waals surface area contributed by atoms with Gasteiger partial charge in [0, 0.05) is 6.54 Å². The highest BCUT2D eigenvalue weighted by Gasteiger charge is 2.27. The van der Waals surface area contributed by atoms with Gasteiger partial charge >= 0.3 is 5.97 Å². The third-order valence-corrected chi connectivity index (χ3v) is 3.45. The van der Waals surface area contributed by atoms with E-state index in [0.717, 1.165) is 19.3 Å². The van der Waals surface area contributed by atoms with Crippen LogP contribution >= 0.6 is 0 Å². The van der Waals surface area contributed by atoms with Gasteiger partial charge in [-0.15, -0.1) is 0 Å². The number of hydrogen-bond acceptors (Lipinski definition) is 4. The number of aromatic carboxylic acids is 1. The Morgan fingerprint density at radius 3 is 2.89 bits per heavy atom. The lowest BCUT2D eigenvalue weighted by atomic mass is 10.0. The Morgan fingerprint density at radius 2 is 2.21 bits per heavy atom. The number of piperidine rings is 1. The summed E-state index contributed by atoms with van der Waals surface area (Å²) in [6.07, 6.45) is 3.88. The lowest BCUT2D eigenvalue weighted by Crippen LogP contribution is -2.46. The van der Waals surface area contributed by atoms with Gasteiger partial charge in [0.05, 0.1) is 25.3 Å². The minimum atomic E-state index is -1.10. The van der Waals surface area contributed by atoms with Crippen molar-refractivity contribution in [2.45, 2.75) is 31.7 Å². The predicted octanol–water partition coefficient (Wildman–Crippen LogP) is 0.894. The van der Waals surface area contributed by atoms with Gasteiger partial charge in [-0.25, -0.2) is 4.79 Å². The molecule has 1 atom stereocenters. The molecule has 0 radical (unpaired) electrons. The Bertz CT molecular complexity index is 467. The van der Waals surface area contributed by atoms with Crippen LogP contribution in [0.1, 0.15) is 35.4 Å². The quantitative estimate of drug-likeness (QED) is 0.845. The van der Waals surface area contributed by atoms with E-state index in [-0.39, 0.29) is 36.3 Å². The van der Waals surface area contributed by atoms with E-state index >= 15 is 0 Å². The molecule has 2 rings (SSSR count). The van der Waals surface area contributed by atoms with Gasteiger partial charge in [-0.3, -0.25) is 4.79 Å². The number of aliphatic hydroxyl groups excluding tert-OH is 1. The molecule has 1 saturated heterocycles. The molecular formula is C13H17NO5. The van der Waals surface area contributed by atoms with E-state index in [9.17, 15) is 14.7 Å². The van der Waals surface area contributed by atoms with E-state index in [1.807, 2.05) is 0 Å². The number of carboxylic acid groups (broad SMARTS) is 1. The molecule has 0 aromatic carbocycles. The van der Waals surface area contributed by atoms with E-state index < -0.39 is 5.97 Å². The first-order chi connectivity index (χ1) is 9.13. The maximum Gasteiger partial charge on any atom is 0.339 e. The first-order valence-corrected chi connectivity index (χ1v) is 6.33. The van der Waals surface area contributed by atoms with Gasteiger partial charge in [-0.05, 0) is 25.3 Å². The van der Waals surface area contributed by atoms with E-state index in [0.29, 0.717) is 6.54 Å². The second-order valence-corrected chi connectivity index (χ2v) is 4.66. The van der Waals surface area contributed by atoms with Gasteiger partial charge in [0.2, 0.25) is 5.91 Å². The summed E-state index contributed by atoms with van der Waals surface area (Å²) in [6, 6.07) is 1.18. The average molecular weight is 267 g/mol. The molecule has 0 saturated carbocycles. The number of carboxylic acids is 1. The fraction of sp³-hybridized carbons (Fsp3) is 0.538. The molecule has 1 aliphatic rings. The molecule has 2 N–H and O–H groups in total. The van der Waals surface area contributed by atoms with Gasteiger partial charge in [-0.2, -0.15) is 0 Å². The van der Waals surface area contributed by atoms with Crippen molar-refractivity contribution in [3.05, 3.63) is 23.7 Å². The first kappa shape index (κ1) is 13.6. The zero-order valence-electron chi connectivity index (χ0n) is 10.5. The highest BCUT2D eigenvalue weighted by atomic mass is 16.4. The maximum atomic E-state index is 12.2. The summed E-state index contributed by atoms with van der Waals surface area (Å²) < 4.78 is 5.07. The standard InChI is InChI=1S/C13H17NO5/c15-8-9-3-1-2-5-14(9)12(16)7-11-10(13(17)18)4-6-19-11/h4,6,9,15H,1-3,5,7-8H2,(H,17,18). The zero-order valence-corrected chi connectivity index (χ0v) is 10.5. The van der Waals surface area contributed by atoms with Crippen LogP contribution in [-0.2, 0) is 11.2 Å². The highest BCUT2D eigenvalue weighted by molar-refractivity contribution is 5.90. The van der Waals surface area contributed by atoms with Crippen LogP contribution in [0.2, 0.25) is 0 Å². The molecule has 1 aromatic rings. The molecule has 1 fully saturated rings. The van der Waals surface area contributed by atoms with Crippen molar-refractivity contribution < 1.29 is 24.2 Å². The molecule has 0 bridgehead atoms. The second-order valence-electron chi connectivity index (χ2n) is 4.66. The normalized spacial score (nSPS) is 19.4. The van der Waals surface area contributed by atoms with Crippen molar-refractivity contribution in [3.8, 4) is 0 Å². The monoisotopic (exact) mass is 267 g/mol. The van der Waals surface area contributed by atoms with E-state index in [4.69, 9.17) is 9.52 Å². The summed E-state index contributed by atoms with van der Waals surface area (Å²) in [4.78, 5) is 24.7. The number of carbonyl (C=O) groups is 2. The molecule has 1 amide bonds. The topological polar surface area (TPSA) is 91.0 Å². The number of rotatable bonds is 4. The van der Waals surface area contributed by atoms with Gasteiger partial charge in [0.25, 0.3) is 0 Å².